The van der Waals surface area contributed by atoms with Gasteiger partial charge < -0.3 is 10.1 Å². The first-order valence-corrected chi connectivity index (χ1v) is 7.10. The van der Waals surface area contributed by atoms with Gasteiger partial charge in [0.05, 0.1) is 6.10 Å². The number of hydrogen-bond donors (Lipinski definition) is 1. The summed E-state index contributed by atoms with van der Waals surface area (Å²) in [5.74, 6) is 0.699. The van der Waals surface area contributed by atoms with Gasteiger partial charge in [-0.15, -0.1) is 0 Å². The molecule has 1 aromatic carbocycles. The predicted molar refractivity (Wildman–Crippen MR) is 74.9 cm³/mol. The second-order valence-corrected chi connectivity index (χ2v) is 6.24. The Bertz CT molecular complexity index is 440. The number of rotatable bonds is 3. The first-order valence-electron chi connectivity index (χ1n) is 7.10. The summed E-state index contributed by atoms with van der Waals surface area (Å²) in [5.41, 5.74) is 2.91. The van der Waals surface area contributed by atoms with Gasteiger partial charge in [-0.05, 0) is 30.5 Å². The topological polar surface area (TPSA) is 21.3 Å². The fraction of sp³-hybridized carbons (Fsp3) is 0.625. The van der Waals surface area contributed by atoms with Crippen LogP contribution in [0.3, 0.4) is 0 Å². The number of aryl methyl sites for hydroxylation is 1. The van der Waals surface area contributed by atoms with E-state index in [1.165, 1.54) is 17.7 Å². The van der Waals surface area contributed by atoms with Gasteiger partial charge in [-0.2, -0.15) is 0 Å². The average molecular weight is 245 g/mol. The van der Waals surface area contributed by atoms with Gasteiger partial charge in [0.15, 0.2) is 0 Å². The van der Waals surface area contributed by atoms with Crippen LogP contribution in [0.1, 0.15) is 32.8 Å². The number of ether oxygens (including phenoxy) is 1. The predicted octanol–water partition coefficient (Wildman–Crippen LogP) is 3.47. The molecule has 3 rings (SSSR count). The van der Waals surface area contributed by atoms with Gasteiger partial charge in [-0.1, -0.05) is 32.9 Å². The molecule has 1 aromatic rings. The number of benzene rings is 1. The molecule has 2 heteroatoms. The van der Waals surface area contributed by atoms with Crippen LogP contribution < -0.4 is 5.32 Å². The fourth-order valence-corrected chi connectivity index (χ4v) is 3.68. The van der Waals surface area contributed by atoms with E-state index in [4.69, 9.17) is 4.74 Å². The summed E-state index contributed by atoms with van der Waals surface area (Å²) in [7, 11) is 0. The molecule has 3 atom stereocenters. The molecule has 0 aromatic heterocycles. The molecule has 98 valence electrons. The Morgan fingerprint density at radius 3 is 3.00 bits per heavy atom. The summed E-state index contributed by atoms with van der Waals surface area (Å²) in [5, 5.41) is 3.73. The van der Waals surface area contributed by atoms with Crippen LogP contribution in [0.5, 0.6) is 0 Å². The van der Waals surface area contributed by atoms with E-state index in [-0.39, 0.29) is 5.41 Å². The molecule has 1 heterocycles. The molecule has 0 spiro atoms. The van der Waals surface area contributed by atoms with Crippen molar-refractivity contribution in [1.29, 1.82) is 0 Å². The number of nitrogens with one attached hydrogen (secondary N) is 1. The minimum absolute atomic E-state index is 0.253. The van der Waals surface area contributed by atoms with Gasteiger partial charge in [0, 0.05) is 29.7 Å². The van der Waals surface area contributed by atoms with Crippen LogP contribution in [0.15, 0.2) is 24.3 Å². The van der Waals surface area contributed by atoms with Crippen LogP contribution >= 0.6 is 0 Å². The number of anilines is 1. The zero-order valence-electron chi connectivity index (χ0n) is 11.6. The third-order valence-corrected chi connectivity index (χ3v) is 4.76. The van der Waals surface area contributed by atoms with Gasteiger partial charge in [0.2, 0.25) is 0 Å². The van der Waals surface area contributed by atoms with Crippen molar-refractivity contribution in [3.05, 3.63) is 29.8 Å². The molecule has 2 aliphatic rings. The van der Waals surface area contributed by atoms with Crippen molar-refractivity contribution in [2.75, 3.05) is 11.9 Å². The summed E-state index contributed by atoms with van der Waals surface area (Å²) in [6, 6.07) is 9.35. The Morgan fingerprint density at radius 1 is 1.39 bits per heavy atom. The summed E-state index contributed by atoms with van der Waals surface area (Å²) in [6.45, 7) is 7.78. The van der Waals surface area contributed by atoms with Crippen molar-refractivity contribution in [3.63, 3.8) is 0 Å². The molecule has 1 aliphatic carbocycles. The highest BCUT2D eigenvalue weighted by Gasteiger charge is 2.59. The second-order valence-electron chi connectivity index (χ2n) is 6.24. The maximum absolute atomic E-state index is 5.84. The molecule has 0 radical (unpaired) electrons. The molecule has 1 saturated heterocycles. The van der Waals surface area contributed by atoms with E-state index in [2.05, 4.69) is 50.4 Å². The van der Waals surface area contributed by atoms with E-state index in [0.29, 0.717) is 18.1 Å². The first-order chi connectivity index (χ1) is 8.63. The maximum atomic E-state index is 5.84. The molecule has 1 N–H and O–H groups in total. The normalized spacial score (nSPS) is 32.7. The lowest BCUT2D eigenvalue weighted by Crippen LogP contribution is -2.63. The quantitative estimate of drug-likeness (QED) is 0.880. The van der Waals surface area contributed by atoms with Gasteiger partial charge in [-0.3, -0.25) is 0 Å². The zero-order chi connectivity index (χ0) is 12.8. The van der Waals surface area contributed by atoms with Crippen molar-refractivity contribution in [3.8, 4) is 0 Å². The molecular weight excluding hydrogens is 222 g/mol. The minimum atomic E-state index is 0.253. The van der Waals surface area contributed by atoms with Gasteiger partial charge in [0.1, 0.15) is 0 Å². The van der Waals surface area contributed by atoms with Crippen molar-refractivity contribution >= 4 is 5.69 Å². The first kappa shape index (κ1) is 12.0. The van der Waals surface area contributed by atoms with Gasteiger partial charge in [0.25, 0.3) is 0 Å². The SMILES string of the molecule is CCc1cccc(NC2C3CCOC3C2(C)C)c1. The largest absolute Gasteiger partial charge is 0.381 e. The van der Waals surface area contributed by atoms with E-state index < -0.39 is 0 Å². The highest BCUT2D eigenvalue weighted by Crippen LogP contribution is 2.53. The zero-order valence-corrected chi connectivity index (χ0v) is 11.6. The summed E-state index contributed by atoms with van der Waals surface area (Å²) >= 11 is 0. The van der Waals surface area contributed by atoms with Crippen LogP contribution in [-0.4, -0.2) is 18.8 Å². The molecule has 0 amide bonds. The lowest BCUT2D eigenvalue weighted by atomic mass is 9.57. The Morgan fingerprint density at radius 2 is 2.22 bits per heavy atom. The van der Waals surface area contributed by atoms with E-state index in [1.807, 2.05) is 0 Å². The highest BCUT2D eigenvalue weighted by molar-refractivity contribution is 5.48. The molecule has 18 heavy (non-hydrogen) atoms. The third-order valence-electron chi connectivity index (χ3n) is 4.76. The molecule has 0 bridgehead atoms. The highest BCUT2D eigenvalue weighted by atomic mass is 16.5. The Labute approximate surface area is 110 Å². The molecule has 1 saturated carbocycles. The van der Waals surface area contributed by atoms with E-state index in [9.17, 15) is 0 Å². The number of fused-ring (bicyclic) bond motifs is 1. The second kappa shape index (κ2) is 4.27. The lowest BCUT2D eigenvalue weighted by Gasteiger charge is -2.55. The maximum Gasteiger partial charge on any atom is 0.0694 e. The monoisotopic (exact) mass is 245 g/mol. The summed E-state index contributed by atoms with van der Waals surface area (Å²) < 4.78 is 5.84. The minimum Gasteiger partial charge on any atom is -0.381 e. The van der Waals surface area contributed by atoms with Crippen LogP contribution in [0.4, 0.5) is 5.69 Å². The smallest absolute Gasteiger partial charge is 0.0694 e. The standard InChI is InChI=1S/C16H23NO/c1-4-11-6-5-7-12(10-11)17-14-13-8-9-18-15(13)16(14,2)3/h5-7,10,13-15,17H,4,8-9H2,1-3H3. The molecule has 2 nitrogen and oxygen atoms in total. The molecule has 3 unspecified atom stereocenters. The average Bonchev–Trinajstić information content (AvgIpc) is 2.83. The van der Waals surface area contributed by atoms with Crippen LogP contribution in [-0.2, 0) is 11.2 Å². The Kier molecular flexibility index (Phi) is 2.86. The van der Waals surface area contributed by atoms with Crippen molar-refractivity contribution < 1.29 is 4.74 Å². The Balaban J connectivity index is 1.76. The van der Waals surface area contributed by atoms with Crippen molar-refractivity contribution in [2.24, 2.45) is 11.3 Å². The van der Waals surface area contributed by atoms with Crippen molar-refractivity contribution in [1.82, 2.24) is 0 Å². The number of hydrogen-bond acceptors (Lipinski definition) is 2. The Hall–Kier alpha value is -1.02. The van der Waals surface area contributed by atoms with Gasteiger partial charge in [-0.25, -0.2) is 0 Å². The van der Waals surface area contributed by atoms with E-state index >= 15 is 0 Å². The summed E-state index contributed by atoms with van der Waals surface area (Å²) in [4.78, 5) is 0. The van der Waals surface area contributed by atoms with Crippen LogP contribution in [0.25, 0.3) is 0 Å². The third kappa shape index (κ3) is 1.74. The van der Waals surface area contributed by atoms with Crippen molar-refractivity contribution in [2.45, 2.75) is 45.8 Å². The van der Waals surface area contributed by atoms with Crippen LogP contribution in [0.2, 0.25) is 0 Å². The van der Waals surface area contributed by atoms with E-state index in [0.717, 1.165) is 13.0 Å². The van der Waals surface area contributed by atoms with E-state index in [1.54, 1.807) is 0 Å². The molecular formula is C16H23NO. The molecule has 1 aliphatic heterocycles. The summed E-state index contributed by atoms with van der Waals surface area (Å²) in [6.07, 6.45) is 2.77. The molecule has 2 fully saturated rings. The van der Waals surface area contributed by atoms with Gasteiger partial charge >= 0.3 is 0 Å². The lowest BCUT2D eigenvalue weighted by molar-refractivity contribution is -0.0923. The fourth-order valence-electron chi connectivity index (χ4n) is 3.68. The van der Waals surface area contributed by atoms with Crippen LogP contribution in [0, 0.1) is 11.3 Å².